The van der Waals surface area contributed by atoms with Crippen molar-refractivity contribution in [1.29, 1.82) is 0 Å². The van der Waals surface area contributed by atoms with Gasteiger partial charge in [0.25, 0.3) is 0 Å². The first-order valence-electron chi connectivity index (χ1n) is 21.9. The lowest BCUT2D eigenvalue weighted by Gasteiger charge is -2.42. The fraction of sp³-hybridized carbons (Fsp3) is 0.727. The van der Waals surface area contributed by atoms with E-state index in [1.807, 2.05) is 0 Å². The van der Waals surface area contributed by atoms with E-state index in [9.17, 15) is 65.1 Å². The Balaban J connectivity index is 1.22. The smallest absolute Gasteiger partial charge is 0.337 e. The summed E-state index contributed by atoms with van der Waals surface area (Å²) in [5.41, 5.74) is 0.0976. The highest BCUT2D eigenvalue weighted by atomic mass is 16.8. The molecule has 5 rings (SSSR count). The highest BCUT2D eigenvalue weighted by molar-refractivity contribution is 5.91. The van der Waals surface area contributed by atoms with Crippen molar-refractivity contribution in [1.82, 2.24) is 0 Å². The minimum Gasteiger partial charge on any atom is -0.471 e. The maximum atomic E-state index is 13.6. The molecule has 0 spiro atoms. The van der Waals surface area contributed by atoms with E-state index in [1.54, 1.807) is 20.8 Å². The molecule has 4 aliphatic heterocycles. The van der Waals surface area contributed by atoms with Crippen LogP contribution in [0, 0.1) is 41.4 Å². The van der Waals surface area contributed by atoms with E-state index in [1.165, 1.54) is 12.2 Å². The summed E-state index contributed by atoms with van der Waals surface area (Å²) in [6, 6.07) is 0. The molecule has 1 saturated carbocycles. The molecule has 5 aliphatic rings. The van der Waals surface area contributed by atoms with Crippen LogP contribution in [0.1, 0.15) is 40.0 Å². The van der Waals surface area contributed by atoms with Gasteiger partial charge in [-0.2, -0.15) is 0 Å². The van der Waals surface area contributed by atoms with E-state index in [-0.39, 0.29) is 48.2 Å². The predicted molar refractivity (Wildman–Crippen MR) is 221 cm³/mol. The molecule has 0 radical (unpaired) electrons. The third-order valence-corrected chi connectivity index (χ3v) is 13.3. The van der Waals surface area contributed by atoms with Crippen LogP contribution < -0.4 is 0 Å². The van der Waals surface area contributed by atoms with Crippen LogP contribution in [0.5, 0.6) is 0 Å². The van der Waals surface area contributed by atoms with E-state index in [0.29, 0.717) is 0 Å². The number of carbonyl (C=O) groups excluding carboxylic acids is 4. The Morgan fingerprint density at radius 3 is 1.87 bits per heavy atom. The summed E-state index contributed by atoms with van der Waals surface area (Å²) >= 11 is 0. The molecule has 0 unspecified atom stereocenters. The highest BCUT2D eigenvalue weighted by Crippen LogP contribution is 2.43. The van der Waals surface area contributed by atoms with E-state index in [2.05, 4.69) is 6.58 Å². The maximum Gasteiger partial charge on any atom is 0.337 e. The van der Waals surface area contributed by atoms with Gasteiger partial charge in [0.1, 0.15) is 48.8 Å². The van der Waals surface area contributed by atoms with Crippen molar-refractivity contribution in [2.24, 2.45) is 41.4 Å². The van der Waals surface area contributed by atoms with Crippen LogP contribution in [0.15, 0.2) is 48.0 Å². The molecule has 378 valence electrons. The molecule has 2 saturated heterocycles. The summed E-state index contributed by atoms with van der Waals surface area (Å²) in [6.45, 7) is 7.23. The second-order valence-corrected chi connectivity index (χ2v) is 17.3. The monoisotopic (exact) mass is 960 g/mol. The Bertz CT molecular complexity index is 1810. The van der Waals surface area contributed by atoms with Gasteiger partial charge in [0, 0.05) is 29.2 Å². The first kappa shape index (κ1) is 53.9. The summed E-state index contributed by atoms with van der Waals surface area (Å²) in [4.78, 5) is 52.8. The number of esters is 4. The largest absolute Gasteiger partial charge is 0.471 e. The fourth-order valence-corrected chi connectivity index (χ4v) is 9.19. The number of aliphatic hydroxyl groups excluding tert-OH is 9. The van der Waals surface area contributed by atoms with Crippen LogP contribution >= 0.6 is 0 Å². The summed E-state index contributed by atoms with van der Waals surface area (Å²) in [6.07, 6.45) is -15.3. The summed E-state index contributed by atoms with van der Waals surface area (Å²) in [5.74, 6) is -7.66. The van der Waals surface area contributed by atoms with Gasteiger partial charge in [-0.3, -0.25) is 9.59 Å². The predicted octanol–water partition coefficient (Wildman–Crippen LogP) is -2.44. The van der Waals surface area contributed by atoms with Crippen LogP contribution in [-0.4, -0.2) is 191 Å². The maximum absolute atomic E-state index is 13.6. The van der Waals surface area contributed by atoms with Crippen molar-refractivity contribution >= 4 is 23.9 Å². The van der Waals surface area contributed by atoms with Crippen molar-refractivity contribution in [3.63, 3.8) is 0 Å². The zero-order valence-electron chi connectivity index (χ0n) is 37.8. The van der Waals surface area contributed by atoms with E-state index >= 15 is 0 Å². The molecule has 23 nitrogen and oxygen atoms in total. The number of ether oxygens (including phenoxy) is 10. The van der Waals surface area contributed by atoms with Gasteiger partial charge in [-0.15, -0.1) is 6.58 Å². The van der Waals surface area contributed by atoms with Crippen LogP contribution in [0.3, 0.4) is 0 Å². The lowest BCUT2D eigenvalue weighted by Crippen LogP contribution is -2.60. The fourth-order valence-electron chi connectivity index (χ4n) is 9.19. The molecule has 20 atom stereocenters. The molecule has 0 aromatic carbocycles. The molecular weight excluding hydrogens is 896 g/mol. The molecule has 67 heavy (non-hydrogen) atoms. The standard InChI is InChI=1S/C44H64O23/c1-7-20-23(26(39(56)58-5)16-62-41(20)66-43-37(54)35(52)33(50)29(12-45)64-43)10-31(48)60-14-18(3)22-9-28(47)19(4)25(22)15-61-32(49)11-24-21(8-2)42(63-17-27(24)40(57)59-6)67-44-38(55)36(53)34(51)30(13-46)65-44/h7-8,16-20,22-25,28-30,33-38,41-47,50-55H,1,9-15H2,2-6H3/b21-8+/t18-,19-,20-,22+,23+,24+,25-,28-,29-,30-,33-,34-,35+,36+,37-,38-,41+,42+,43+,44+/m1/s1. The minimum atomic E-state index is -1.77. The number of carbonyl (C=O) groups is 4. The van der Waals surface area contributed by atoms with Crippen LogP contribution in [-0.2, 0) is 66.5 Å². The molecule has 4 heterocycles. The molecule has 23 heteroatoms. The average Bonchev–Trinajstić information content (AvgIpc) is 3.61. The summed E-state index contributed by atoms with van der Waals surface area (Å²) in [5, 5.41) is 92.2. The van der Waals surface area contributed by atoms with E-state index < -0.39 is 160 Å². The lowest BCUT2D eigenvalue weighted by molar-refractivity contribution is -0.339. The molecule has 3 fully saturated rings. The third-order valence-electron chi connectivity index (χ3n) is 13.3. The van der Waals surface area contributed by atoms with Gasteiger partial charge >= 0.3 is 23.9 Å². The number of hydrogen-bond acceptors (Lipinski definition) is 23. The van der Waals surface area contributed by atoms with Crippen molar-refractivity contribution in [2.75, 3.05) is 40.6 Å². The Labute approximate surface area is 386 Å². The van der Waals surface area contributed by atoms with Gasteiger partial charge in [-0.25, -0.2) is 9.59 Å². The lowest BCUT2D eigenvalue weighted by atomic mass is 9.81. The Kier molecular flexibility index (Phi) is 19.3. The molecule has 0 aromatic rings. The van der Waals surface area contributed by atoms with Gasteiger partial charge in [0.05, 0.1) is 83.3 Å². The first-order chi connectivity index (χ1) is 31.8. The molecule has 9 N–H and O–H groups in total. The summed E-state index contributed by atoms with van der Waals surface area (Å²) in [7, 11) is 2.27. The quantitative estimate of drug-likeness (QED) is 0.0392. The van der Waals surface area contributed by atoms with Crippen molar-refractivity contribution in [3.8, 4) is 0 Å². The molecular formula is C44H64O23. The number of aliphatic hydroxyl groups is 9. The Morgan fingerprint density at radius 1 is 0.761 bits per heavy atom. The number of methoxy groups -OCH3 is 2. The Morgan fingerprint density at radius 2 is 1.31 bits per heavy atom. The molecule has 0 bridgehead atoms. The second-order valence-electron chi connectivity index (χ2n) is 17.3. The zero-order valence-corrected chi connectivity index (χ0v) is 37.8. The highest BCUT2D eigenvalue weighted by Gasteiger charge is 2.50. The van der Waals surface area contributed by atoms with Gasteiger partial charge in [-0.1, -0.05) is 26.0 Å². The number of hydrogen-bond donors (Lipinski definition) is 9. The Hall–Kier alpha value is -4.08. The topological polar surface area (TPSA) is 343 Å². The van der Waals surface area contributed by atoms with Crippen LogP contribution in [0.25, 0.3) is 0 Å². The van der Waals surface area contributed by atoms with E-state index in [0.717, 1.165) is 26.7 Å². The summed E-state index contributed by atoms with van der Waals surface area (Å²) < 4.78 is 55.1. The minimum absolute atomic E-state index is 0.0611. The third kappa shape index (κ3) is 12.0. The SMILES string of the molecule is C=C[C@H]1[C@H](O[C@@H]2O[C@H](CO)[C@@H](O)[C@H](O)[C@H]2O)OC=C(C(=O)OC)[C@H]1CC(=O)OC[C@@H](C)[C@@H]1C[C@@H](O)[C@H](C)[C@H]1COC(=O)C[C@@H]1C(C(=O)OC)=CO[C@@H](O[C@@H]2O[C@H](CO)[C@@H](O)[C@H](O)[C@H]2O)/C1=C/C. The number of rotatable bonds is 18. The first-order valence-corrected chi connectivity index (χ1v) is 21.9. The van der Waals surface area contributed by atoms with Gasteiger partial charge in [0.15, 0.2) is 12.6 Å². The van der Waals surface area contributed by atoms with Crippen LogP contribution in [0.4, 0.5) is 0 Å². The van der Waals surface area contributed by atoms with Crippen molar-refractivity contribution in [3.05, 3.63) is 48.0 Å². The van der Waals surface area contributed by atoms with Crippen LogP contribution in [0.2, 0.25) is 0 Å². The van der Waals surface area contributed by atoms with E-state index in [4.69, 9.17) is 47.4 Å². The average molecular weight is 961 g/mol. The van der Waals surface area contributed by atoms with Gasteiger partial charge in [0.2, 0.25) is 12.6 Å². The zero-order chi connectivity index (χ0) is 49.4. The van der Waals surface area contributed by atoms with Gasteiger partial charge < -0.3 is 93.3 Å². The van der Waals surface area contributed by atoms with Crippen molar-refractivity contribution < 1.29 is 113 Å². The second kappa shape index (κ2) is 24.0. The van der Waals surface area contributed by atoms with Gasteiger partial charge in [-0.05, 0) is 31.1 Å². The normalized spacial score (nSPS) is 39.7. The molecule has 1 aliphatic carbocycles. The van der Waals surface area contributed by atoms with Crippen molar-refractivity contribution in [2.45, 2.75) is 120 Å². The molecule has 0 aromatic heterocycles. The number of allylic oxidation sites excluding steroid dienone is 1. The molecule has 0 amide bonds.